The van der Waals surface area contributed by atoms with Crippen LogP contribution >= 0.6 is 0 Å². The second-order valence-corrected chi connectivity index (χ2v) is 8.55. The Hall–Kier alpha value is -2.58. The van der Waals surface area contributed by atoms with E-state index in [9.17, 15) is 26.4 Å². The number of carbonyl (C=O) groups is 1. The van der Waals surface area contributed by atoms with Crippen molar-refractivity contribution >= 4 is 15.9 Å². The Balaban J connectivity index is 2.04. The average Bonchev–Trinajstić information content (AvgIpc) is 2.65. The summed E-state index contributed by atoms with van der Waals surface area (Å²) in [4.78, 5) is 12.3. The van der Waals surface area contributed by atoms with Crippen LogP contribution in [0, 0.1) is 23.2 Å². The van der Waals surface area contributed by atoms with Gasteiger partial charge in [-0.2, -0.15) is 18.4 Å². The van der Waals surface area contributed by atoms with Gasteiger partial charge in [-0.05, 0) is 25.0 Å². The minimum atomic E-state index is -4.64. The normalized spacial score (nSPS) is 22.7. The molecule has 2 unspecified atom stereocenters. The maximum atomic E-state index is 13.2. The van der Waals surface area contributed by atoms with Crippen molar-refractivity contribution in [2.75, 3.05) is 14.1 Å². The predicted molar refractivity (Wildman–Crippen MR) is 95.2 cm³/mol. The fourth-order valence-electron chi connectivity index (χ4n) is 2.60. The molecule has 2 atom stereocenters. The SMILES string of the molecule is CN(C)S(=O)(=O)C1=CCC(C(=O)NNC2=C(C(F)(F)F)CC(C#N)C=C2)C=C1. The molecule has 1 amide bonds. The zero-order chi connectivity index (χ0) is 21.1. The largest absolute Gasteiger partial charge is 0.414 e. The molecule has 0 fully saturated rings. The Morgan fingerprint density at radius 2 is 1.96 bits per heavy atom. The number of nitrogens with zero attached hydrogens (tertiary/aromatic N) is 2. The van der Waals surface area contributed by atoms with Crippen molar-refractivity contribution in [1.82, 2.24) is 15.2 Å². The van der Waals surface area contributed by atoms with Gasteiger partial charge in [0.15, 0.2) is 0 Å². The number of sulfonamides is 1. The number of hydrazine groups is 1. The number of rotatable bonds is 5. The number of hydrogen-bond donors (Lipinski definition) is 2. The first-order chi connectivity index (χ1) is 13.0. The van der Waals surface area contributed by atoms with E-state index in [1.807, 2.05) is 0 Å². The first kappa shape index (κ1) is 21.7. The highest BCUT2D eigenvalue weighted by Gasteiger charge is 2.38. The van der Waals surface area contributed by atoms with Gasteiger partial charge in [-0.15, -0.1) is 0 Å². The second-order valence-electron chi connectivity index (χ2n) is 6.40. The smallest absolute Gasteiger partial charge is 0.298 e. The molecule has 152 valence electrons. The highest BCUT2D eigenvalue weighted by molar-refractivity contribution is 7.93. The number of nitriles is 1. The third-order valence-corrected chi connectivity index (χ3v) is 6.11. The van der Waals surface area contributed by atoms with Gasteiger partial charge in [0.25, 0.3) is 0 Å². The molecular formula is C17H19F3N4O3S. The molecule has 0 saturated carbocycles. The molecular weight excluding hydrogens is 397 g/mol. The molecule has 0 aliphatic heterocycles. The lowest BCUT2D eigenvalue weighted by Crippen LogP contribution is -2.42. The number of halogens is 3. The fourth-order valence-corrected chi connectivity index (χ4v) is 3.58. The van der Waals surface area contributed by atoms with Gasteiger partial charge in [0.05, 0.1) is 34.1 Å². The van der Waals surface area contributed by atoms with Crippen LogP contribution in [0.15, 0.2) is 46.6 Å². The molecule has 0 radical (unpaired) electrons. The topological polar surface area (TPSA) is 102 Å². The predicted octanol–water partition coefficient (Wildman–Crippen LogP) is 1.87. The van der Waals surface area contributed by atoms with E-state index in [1.54, 1.807) is 6.07 Å². The summed E-state index contributed by atoms with van der Waals surface area (Å²) in [5, 5.41) is 8.82. The Morgan fingerprint density at radius 1 is 1.29 bits per heavy atom. The lowest BCUT2D eigenvalue weighted by Gasteiger charge is -2.23. The van der Waals surface area contributed by atoms with Crippen molar-refractivity contribution in [1.29, 1.82) is 5.26 Å². The van der Waals surface area contributed by atoms with Gasteiger partial charge in [0, 0.05) is 14.1 Å². The van der Waals surface area contributed by atoms with Gasteiger partial charge in [-0.25, -0.2) is 12.7 Å². The van der Waals surface area contributed by atoms with Crippen molar-refractivity contribution < 1.29 is 26.4 Å². The van der Waals surface area contributed by atoms with E-state index in [-0.39, 0.29) is 17.0 Å². The number of carbonyl (C=O) groups excluding carboxylic acids is 1. The van der Waals surface area contributed by atoms with Gasteiger partial charge in [0.1, 0.15) is 0 Å². The Bertz CT molecular complexity index is 909. The molecule has 0 aromatic carbocycles. The molecule has 28 heavy (non-hydrogen) atoms. The molecule has 2 aliphatic rings. The van der Waals surface area contributed by atoms with Crippen LogP contribution in [0.2, 0.25) is 0 Å². The lowest BCUT2D eigenvalue weighted by molar-refractivity contribution is -0.124. The first-order valence-electron chi connectivity index (χ1n) is 8.21. The summed E-state index contributed by atoms with van der Waals surface area (Å²) in [5.74, 6) is -2.23. The van der Waals surface area contributed by atoms with Crippen LogP contribution < -0.4 is 10.9 Å². The van der Waals surface area contributed by atoms with Crippen LogP contribution in [-0.4, -0.2) is 38.9 Å². The number of hydrogen-bond acceptors (Lipinski definition) is 5. The highest BCUT2D eigenvalue weighted by atomic mass is 32.2. The van der Waals surface area contributed by atoms with Crippen LogP contribution in [0.4, 0.5) is 13.2 Å². The zero-order valence-electron chi connectivity index (χ0n) is 15.1. The summed E-state index contributed by atoms with van der Waals surface area (Å²) in [5.41, 5.74) is 3.21. The summed E-state index contributed by atoms with van der Waals surface area (Å²) in [7, 11) is -0.853. The number of allylic oxidation sites excluding steroid dienone is 5. The van der Waals surface area contributed by atoms with Gasteiger partial charge in [-0.3, -0.25) is 15.6 Å². The third-order valence-electron chi connectivity index (χ3n) is 4.25. The standard InChI is InChI=1S/C17H19F3N4O3S/c1-24(2)28(26,27)13-6-4-12(5-7-13)16(25)23-22-15-8-3-11(10-21)9-14(15)17(18,19)20/h3-4,6-8,11-12,22H,5,9H2,1-2H3,(H,23,25). The minimum absolute atomic E-state index is 0.0503. The summed E-state index contributed by atoms with van der Waals surface area (Å²) >= 11 is 0. The van der Waals surface area contributed by atoms with Crippen molar-refractivity contribution in [2.24, 2.45) is 11.8 Å². The van der Waals surface area contributed by atoms with Crippen LogP contribution in [0.25, 0.3) is 0 Å². The molecule has 2 aliphatic carbocycles. The maximum Gasteiger partial charge on any atom is 0.414 e. The number of alkyl halides is 3. The third kappa shape index (κ3) is 4.82. The summed E-state index contributed by atoms with van der Waals surface area (Å²) in [6.45, 7) is 0. The van der Waals surface area contributed by atoms with E-state index in [4.69, 9.17) is 5.26 Å². The molecule has 0 bridgehead atoms. The van der Waals surface area contributed by atoms with Crippen molar-refractivity contribution in [3.8, 4) is 6.07 Å². The molecule has 11 heteroatoms. The van der Waals surface area contributed by atoms with Crippen molar-refractivity contribution in [3.05, 3.63) is 46.6 Å². The maximum absolute atomic E-state index is 13.2. The van der Waals surface area contributed by atoms with E-state index in [2.05, 4.69) is 10.9 Å². The lowest BCUT2D eigenvalue weighted by atomic mass is 9.93. The quantitative estimate of drug-likeness (QED) is 0.667. The van der Waals surface area contributed by atoms with Crippen molar-refractivity contribution in [2.45, 2.75) is 19.0 Å². The van der Waals surface area contributed by atoms with Crippen LogP contribution in [0.3, 0.4) is 0 Å². The monoisotopic (exact) mass is 416 g/mol. The van der Waals surface area contributed by atoms with Gasteiger partial charge < -0.3 is 0 Å². The Labute approximate surface area is 160 Å². The average molecular weight is 416 g/mol. The molecule has 0 saturated heterocycles. The number of nitrogens with one attached hydrogen (secondary N) is 2. The second kappa shape index (κ2) is 8.20. The number of amides is 1. The fraction of sp³-hybridized carbons (Fsp3) is 0.412. The Kier molecular flexibility index (Phi) is 6.36. The van der Waals surface area contributed by atoms with E-state index in [0.717, 1.165) is 10.4 Å². The molecule has 2 rings (SSSR count). The summed E-state index contributed by atoms with van der Waals surface area (Å²) in [6, 6.07) is 1.76. The van der Waals surface area contributed by atoms with Crippen LogP contribution in [-0.2, 0) is 14.8 Å². The summed E-state index contributed by atoms with van der Waals surface area (Å²) in [6.07, 6.45) is 1.44. The van der Waals surface area contributed by atoms with Crippen LogP contribution in [0.5, 0.6) is 0 Å². The molecule has 0 spiro atoms. The molecule has 7 nitrogen and oxygen atoms in total. The minimum Gasteiger partial charge on any atom is -0.298 e. The van der Waals surface area contributed by atoms with E-state index < -0.39 is 45.9 Å². The zero-order valence-corrected chi connectivity index (χ0v) is 15.9. The summed E-state index contributed by atoms with van der Waals surface area (Å²) < 4.78 is 64.6. The van der Waals surface area contributed by atoms with E-state index in [1.165, 1.54) is 38.4 Å². The van der Waals surface area contributed by atoms with Gasteiger partial charge in [0.2, 0.25) is 15.9 Å². The highest BCUT2D eigenvalue weighted by Crippen LogP contribution is 2.35. The Morgan fingerprint density at radius 3 is 2.46 bits per heavy atom. The molecule has 0 aromatic heterocycles. The first-order valence-corrected chi connectivity index (χ1v) is 9.65. The van der Waals surface area contributed by atoms with Gasteiger partial charge >= 0.3 is 6.18 Å². The van der Waals surface area contributed by atoms with Crippen LogP contribution in [0.1, 0.15) is 12.8 Å². The molecule has 0 heterocycles. The van der Waals surface area contributed by atoms with Gasteiger partial charge in [-0.1, -0.05) is 18.2 Å². The van der Waals surface area contributed by atoms with E-state index in [0.29, 0.717) is 0 Å². The molecule has 2 N–H and O–H groups in total. The molecule has 0 aromatic rings. The van der Waals surface area contributed by atoms with E-state index >= 15 is 0 Å². The van der Waals surface area contributed by atoms with Crippen molar-refractivity contribution in [3.63, 3.8) is 0 Å².